The molecule has 2 heterocycles. The highest BCUT2D eigenvalue weighted by Gasteiger charge is 2.19. The van der Waals surface area contributed by atoms with E-state index in [4.69, 9.17) is 16.3 Å². The van der Waals surface area contributed by atoms with E-state index < -0.39 is 0 Å². The average Bonchev–Trinajstić information content (AvgIpc) is 2.99. The van der Waals surface area contributed by atoms with E-state index >= 15 is 0 Å². The lowest BCUT2D eigenvalue weighted by Crippen LogP contribution is -2.12. The Labute approximate surface area is 119 Å². The van der Waals surface area contributed by atoms with Gasteiger partial charge in [-0.25, -0.2) is 0 Å². The summed E-state index contributed by atoms with van der Waals surface area (Å²) in [5.74, 6) is 0.211. The highest BCUT2D eigenvalue weighted by Crippen LogP contribution is 2.22. The SMILES string of the molecule is CCc1nn(C)c(CC(=O)CCC2CCCO2)c1Cl. The summed E-state index contributed by atoms with van der Waals surface area (Å²) >= 11 is 6.24. The monoisotopic (exact) mass is 284 g/mol. The molecule has 0 aromatic carbocycles. The van der Waals surface area contributed by atoms with Gasteiger partial charge in [0.15, 0.2) is 0 Å². The predicted octanol–water partition coefficient (Wildman–Crippen LogP) is 2.71. The third kappa shape index (κ3) is 3.57. The summed E-state index contributed by atoms with van der Waals surface area (Å²) in [5.41, 5.74) is 1.70. The van der Waals surface area contributed by atoms with Crippen LogP contribution in [0.1, 0.15) is 44.0 Å². The Kier molecular flexibility index (Phi) is 4.99. The lowest BCUT2D eigenvalue weighted by Gasteiger charge is -2.08. The van der Waals surface area contributed by atoms with Crippen molar-refractivity contribution in [3.05, 3.63) is 16.4 Å². The van der Waals surface area contributed by atoms with Crippen LogP contribution in [0.5, 0.6) is 0 Å². The number of aryl methyl sites for hydroxylation is 2. The molecule has 106 valence electrons. The summed E-state index contributed by atoms with van der Waals surface area (Å²) < 4.78 is 7.25. The van der Waals surface area contributed by atoms with Crippen LogP contribution in [0, 0.1) is 0 Å². The third-order valence-corrected chi connectivity index (χ3v) is 4.07. The van der Waals surface area contributed by atoms with Crippen molar-refractivity contribution in [2.75, 3.05) is 6.61 Å². The van der Waals surface area contributed by atoms with E-state index in [-0.39, 0.29) is 11.9 Å². The average molecular weight is 285 g/mol. The molecule has 1 aliphatic heterocycles. The molecule has 2 rings (SSSR count). The number of ketones is 1. The molecule has 0 saturated carbocycles. The van der Waals surface area contributed by atoms with Gasteiger partial charge in [0.1, 0.15) is 5.78 Å². The molecule has 19 heavy (non-hydrogen) atoms. The van der Waals surface area contributed by atoms with Gasteiger partial charge in [-0.1, -0.05) is 18.5 Å². The lowest BCUT2D eigenvalue weighted by atomic mass is 10.1. The van der Waals surface area contributed by atoms with Crippen LogP contribution < -0.4 is 0 Å². The summed E-state index contributed by atoms with van der Waals surface area (Å²) in [6, 6.07) is 0. The standard InChI is InChI=1S/C14H21ClN2O2/c1-3-12-14(15)13(17(2)16-12)9-10(18)6-7-11-5-4-8-19-11/h11H,3-9H2,1-2H3. The predicted molar refractivity (Wildman–Crippen MR) is 74.5 cm³/mol. The smallest absolute Gasteiger partial charge is 0.138 e. The van der Waals surface area contributed by atoms with E-state index in [9.17, 15) is 4.79 Å². The van der Waals surface area contributed by atoms with E-state index in [1.54, 1.807) is 4.68 Å². The molecule has 1 atom stereocenters. The van der Waals surface area contributed by atoms with Crippen molar-refractivity contribution in [1.29, 1.82) is 0 Å². The maximum absolute atomic E-state index is 12.0. The van der Waals surface area contributed by atoms with Crippen molar-refractivity contribution >= 4 is 17.4 Å². The highest BCUT2D eigenvalue weighted by atomic mass is 35.5. The maximum atomic E-state index is 12.0. The van der Waals surface area contributed by atoms with E-state index in [2.05, 4.69) is 5.10 Å². The fourth-order valence-corrected chi connectivity index (χ4v) is 2.84. The second kappa shape index (κ2) is 6.53. The Morgan fingerprint density at radius 3 is 2.95 bits per heavy atom. The van der Waals surface area contributed by atoms with Gasteiger partial charge in [0.25, 0.3) is 0 Å². The number of nitrogens with zero attached hydrogens (tertiary/aromatic N) is 2. The van der Waals surface area contributed by atoms with E-state index in [1.165, 1.54) is 0 Å². The van der Waals surface area contributed by atoms with Gasteiger partial charge in [-0.3, -0.25) is 9.48 Å². The Bertz CT molecular complexity index is 451. The number of hydrogen-bond acceptors (Lipinski definition) is 3. The van der Waals surface area contributed by atoms with Gasteiger partial charge in [0, 0.05) is 26.5 Å². The molecule has 0 aliphatic carbocycles. The minimum absolute atomic E-state index is 0.211. The Morgan fingerprint density at radius 1 is 1.58 bits per heavy atom. The molecule has 0 amide bonds. The second-order valence-electron chi connectivity index (χ2n) is 5.07. The van der Waals surface area contributed by atoms with Crippen LogP contribution in [0.4, 0.5) is 0 Å². The molecule has 0 N–H and O–H groups in total. The summed E-state index contributed by atoms with van der Waals surface area (Å²) in [5, 5.41) is 4.98. The first-order valence-electron chi connectivity index (χ1n) is 6.95. The Morgan fingerprint density at radius 2 is 2.37 bits per heavy atom. The van der Waals surface area contributed by atoms with Gasteiger partial charge in [-0.15, -0.1) is 0 Å². The molecule has 0 radical (unpaired) electrons. The van der Waals surface area contributed by atoms with Crippen LogP contribution in [-0.4, -0.2) is 28.3 Å². The molecular weight excluding hydrogens is 264 g/mol. The number of halogens is 1. The summed E-state index contributed by atoms with van der Waals surface area (Å²) in [7, 11) is 1.84. The fourth-order valence-electron chi connectivity index (χ4n) is 2.48. The molecule has 0 spiro atoms. The minimum Gasteiger partial charge on any atom is -0.378 e. The summed E-state index contributed by atoms with van der Waals surface area (Å²) in [4.78, 5) is 12.0. The first kappa shape index (κ1) is 14.5. The van der Waals surface area contributed by atoms with Gasteiger partial charge < -0.3 is 4.74 Å². The number of carbonyl (C=O) groups is 1. The Balaban J connectivity index is 1.89. The number of aromatic nitrogens is 2. The van der Waals surface area contributed by atoms with Crippen LogP contribution in [0.25, 0.3) is 0 Å². The minimum atomic E-state index is 0.211. The normalized spacial score (nSPS) is 19.0. The molecule has 1 aromatic heterocycles. The van der Waals surface area contributed by atoms with Gasteiger partial charge in [0.2, 0.25) is 0 Å². The molecule has 4 nitrogen and oxygen atoms in total. The zero-order valence-electron chi connectivity index (χ0n) is 11.6. The third-order valence-electron chi connectivity index (χ3n) is 3.64. The zero-order chi connectivity index (χ0) is 13.8. The van der Waals surface area contributed by atoms with Crippen molar-refractivity contribution in [2.24, 2.45) is 7.05 Å². The zero-order valence-corrected chi connectivity index (χ0v) is 12.4. The van der Waals surface area contributed by atoms with Crippen LogP contribution in [-0.2, 0) is 29.4 Å². The topological polar surface area (TPSA) is 44.1 Å². The first-order valence-corrected chi connectivity index (χ1v) is 7.33. The van der Waals surface area contributed by atoms with Gasteiger partial charge >= 0.3 is 0 Å². The molecule has 0 bridgehead atoms. The number of ether oxygens (including phenoxy) is 1. The molecule has 1 aliphatic rings. The van der Waals surface area contributed by atoms with Crippen molar-refractivity contribution in [1.82, 2.24) is 9.78 Å². The maximum Gasteiger partial charge on any atom is 0.138 e. The Hall–Kier alpha value is -0.870. The van der Waals surface area contributed by atoms with Crippen LogP contribution in [0.2, 0.25) is 5.02 Å². The quantitative estimate of drug-likeness (QED) is 0.807. The van der Waals surface area contributed by atoms with Crippen molar-refractivity contribution < 1.29 is 9.53 Å². The first-order chi connectivity index (χ1) is 9.11. The molecule has 1 saturated heterocycles. The number of carbonyl (C=O) groups excluding carboxylic acids is 1. The van der Waals surface area contributed by atoms with Crippen molar-refractivity contribution in [2.45, 2.75) is 51.6 Å². The second-order valence-corrected chi connectivity index (χ2v) is 5.45. The number of Topliss-reactive ketones (excluding diaryl/α,β-unsaturated/α-hetero) is 1. The summed E-state index contributed by atoms with van der Waals surface area (Å²) in [6.45, 7) is 2.85. The highest BCUT2D eigenvalue weighted by molar-refractivity contribution is 6.32. The van der Waals surface area contributed by atoms with Gasteiger partial charge in [-0.2, -0.15) is 5.10 Å². The number of hydrogen-bond donors (Lipinski definition) is 0. The van der Waals surface area contributed by atoms with Gasteiger partial charge in [0.05, 0.1) is 22.5 Å². The van der Waals surface area contributed by atoms with Crippen LogP contribution in [0.3, 0.4) is 0 Å². The molecule has 5 heteroatoms. The van der Waals surface area contributed by atoms with E-state index in [1.807, 2.05) is 14.0 Å². The lowest BCUT2D eigenvalue weighted by molar-refractivity contribution is -0.119. The van der Waals surface area contributed by atoms with E-state index in [0.717, 1.165) is 43.7 Å². The number of rotatable bonds is 6. The molecule has 1 unspecified atom stereocenters. The summed E-state index contributed by atoms with van der Waals surface area (Å²) in [6.07, 6.45) is 5.03. The largest absolute Gasteiger partial charge is 0.378 e. The van der Waals surface area contributed by atoms with Crippen LogP contribution in [0.15, 0.2) is 0 Å². The molecule has 1 fully saturated rings. The van der Waals surface area contributed by atoms with Crippen molar-refractivity contribution in [3.63, 3.8) is 0 Å². The van der Waals surface area contributed by atoms with Gasteiger partial charge in [-0.05, 0) is 25.7 Å². The van der Waals surface area contributed by atoms with Crippen molar-refractivity contribution in [3.8, 4) is 0 Å². The molecule has 1 aromatic rings. The fraction of sp³-hybridized carbons (Fsp3) is 0.714. The molecular formula is C14H21ClN2O2. The van der Waals surface area contributed by atoms with Crippen LogP contribution >= 0.6 is 11.6 Å². The van der Waals surface area contributed by atoms with E-state index in [0.29, 0.717) is 17.9 Å².